The van der Waals surface area contributed by atoms with E-state index in [1.807, 2.05) is 0 Å². The maximum absolute atomic E-state index is 13.3. The Morgan fingerprint density at radius 3 is 2.71 bits per heavy atom. The van der Waals surface area contributed by atoms with Gasteiger partial charge < -0.3 is 9.47 Å². The molecular weight excluding hydrogens is 381 g/mol. The molecule has 0 unspecified atom stereocenters. The van der Waals surface area contributed by atoms with Crippen molar-refractivity contribution >= 4 is 29.0 Å². The Morgan fingerprint density at radius 2 is 2.00 bits per heavy atom. The highest BCUT2D eigenvalue weighted by atomic mass is 32.2. The third kappa shape index (κ3) is 4.43. The number of carbonyl (C=O) groups is 2. The molecule has 2 amide bonds. The summed E-state index contributed by atoms with van der Waals surface area (Å²) in [6.45, 7) is 3.92. The smallest absolute Gasteiger partial charge is 0.293 e. The summed E-state index contributed by atoms with van der Waals surface area (Å²) in [5.74, 6) is 0.285. The zero-order chi connectivity index (χ0) is 20.1. The fourth-order valence-corrected chi connectivity index (χ4v) is 3.47. The minimum absolute atomic E-state index is 0.179. The number of ether oxygens (including phenoxy) is 2. The van der Waals surface area contributed by atoms with Crippen molar-refractivity contribution in [3.05, 3.63) is 77.0 Å². The van der Waals surface area contributed by atoms with E-state index < -0.39 is 0 Å². The van der Waals surface area contributed by atoms with Gasteiger partial charge in [-0.15, -0.1) is 6.58 Å². The molecule has 0 aromatic heterocycles. The van der Waals surface area contributed by atoms with Gasteiger partial charge in [-0.25, -0.2) is 4.39 Å². The van der Waals surface area contributed by atoms with Gasteiger partial charge in [0.05, 0.1) is 12.0 Å². The summed E-state index contributed by atoms with van der Waals surface area (Å²) < 4.78 is 24.4. The van der Waals surface area contributed by atoms with Gasteiger partial charge in [0.15, 0.2) is 11.5 Å². The Bertz CT molecular complexity index is 957. The Kier molecular flexibility index (Phi) is 6.16. The van der Waals surface area contributed by atoms with Crippen LogP contribution < -0.4 is 9.47 Å². The molecule has 7 heteroatoms. The van der Waals surface area contributed by atoms with E-state index in [2.05, 4.69) is 6.58 Å². The molecule has 0 radical (unpaired) electrons. The van der Waals surface area contributed by atoms with Crippen molar-refractivity contribution in [2.75, 3.05) is 13.7 Å². The van der Waals surface area contributed by atoms with E-state index in [0.717, 1.165) is 16.7 Å². The number of rotatable bonds is 7. The number of hydrogen-bond donors (Lipinski definition) is 0. The summed E-state index contributed by atoms with van der Waals surface area (Å²) >= 11 is 0.886. The summed E-state index contributed by atoms with van der Waals surface area (Å²) in [6, 6.07) is 11.3. The van der Waals surface area contributed by atoms with Crippen molar-refractivity contribution in [1.29, 1.82) is 0 Å². The van der Waals surface area contributed by atoms with Crippen LogP contribution in [0.25, 0.3) is 6.08 Å². The lowest BCUT2D eigenvalue weighted by Gasteiger charge is -2.12. The Morgan fingerprint density at radius 1 is 1.18 bits per heavy atom. The molecule has 0 aliphatic carbocycles. The van der Waals surface area contributed by atoms with Crippen LogP contribution in [-0.4, -0.2) is 29.7 Å². The van der Waals surface area contributed by atoms with Crippen LogP contribution in [0.1, 0.15) is 11.1 Å². The molecular formula is C21H18FNO4S. The Hall–Kier alpha value is -3.06. The molecule has 2 aromatic carbocycles. The monoisotopic (exact) mass is 399 g/mol. The molecule has 3 rings (SSSR count). The summed E-state index contributed by atoms with van der Waals surface area (Å²) in [7, 11) is 1.51. The van der Waals surface area contributed by atoms with E-state index in [4.69, 9.17) is 9.47 Å². The van der Waals surface area contributed by atoms with Crippen LogP contribution >= 0.6 is 11.8 Å². The fourth-order valence-electron chi connectivity index (χ4n) is 2.62. The lowest BCUT2D eigenvalue weighted by Crippen LogP contribution is -2.27. The third-order valence-corrected chi connectivity index (χ3v) is 4.86. The number of imide groups is 1. The Balaban J connectivity index is 1.77. The van der Waals surface area contributed by atoms with E-state index in [1.165, 1.54) is 25.3 Å². The van der Waals surface area contributed by atoms with Gasteiger partial charge in [-0.2, -0.15) is 0 Å². The van der Waals surface area contributed by atoms with Crippen LogP contribution in [0.2, 0.25) is 0 Å². The van der Waals surface area contributed by atoms with Gasteiger partial charge in [-0.3, -0.25) is 14.5 Å². The van der Waals surface area contributed by atoms with Crippen LogP contribution in [0.15, 0.2) is 60.0 Å². The second-order valence-electron chi connectivity index (χ2n) is 5.91. The quantitative estimate of drug-likeness (QED) is 0.502. The second-order valence-corrected chi connectivity index (χ2v) is 6.90. The molecule has 1 aliphatic rings. The van der Waals surface area contributed by atoms with Gasteiger partial charge >= 0.3 is 0 Å². The molecule has 5 nitrogen and oxygen atoms in total. The van der Waals surface area contributed by atoms with Crippen LogP contribution in [0.5, 0.6) is 11.5 Å². The number of nitrogens with zero attached hydrogens (tertiary/aromatic N) is 1. The number of amides is 2. The van der Waals surface area contributed by atoms with Crippen molar-refractivity contribution in [2.45, 2.75) is 6.61 Å². The average molecular weight is 399 g/mol. The predicted octanol–water partition coefficient (Wildman–Crippen LogP) is 4.64. The standard InChI is InChI=1S/C21H18FNO4S/c1-3-9-23-20(24)19(28-21(23)25)12-14-7-8-17(18(11-14)26-2)27-13-15-5-4-6-16(22)10-15/h3-8,10-12H,1,9,13H2,2H3/b19-12-. The lowest BCUT2D eigenvalue weighted by molar-refractivity contribution is -0.122. The number of benzene rings is 2. The maximum Gasteiger partial charge on any atom is 0.293 e. The number of hydrogen-bond acceptors (Lipinski definition) is 5. The van der Waals surface area contributed by atoms with E-state index in [-0.39, 0.29) is 30.1 Å². The van der Waals surface area contributed by atoms with Gasteiger partial charge in [0, 0.05) is 6.54 Å². The van der Waals surface area contributed by atoms with Gasteiger partial charge in [0.25, 0.3) is 11.1 Å². The average Bonchev–Trinajstić information content (AvgIpc) is 2.94. The SMILES string of the molecule is C=CCN1C(=O)S/C(=C\c2ccc(OCc3cccc(F)c3)c(OC)c2)C1=O. The van der Waals surface area contributed by atoms with Crippen molar-refractivity contribution in [3.63, 3.8) is 0 Å². The maximum atomic E-state index is 13.3. The summed E-state index contributed by atoms with van der Waals surface area (Å²) in [4.78, 5) is 25.7. The van der Waals surface area contributed by atoms with E-state index in [9.17, 15) is 14.0 Å². The van der Waals surface area contributed by atoms with Gasteiger partial charge in [-0.1, -0.05) is 24.3 Å². The summed E-state index contributed by atoms with van der Waals surface area (Å²) in [6.07, 6.45) is 3.14. The number of thioether (sulfide) groups is 1. The summed E-state index contributed by atoms with van der Waals surface area (Å²) in [5.41, 5.74) is 1.39. The minimum Gasteiger partial charge on any atom is -0.493 e. The zero-order valence-corrected chi connectivity index (χ0v) is 16.0. The topological polar surface area (TPSA) is 55.8 Å². The van der Waals surface area contributed by atoms with Gasteiger partial charge in [-0.05, 0) is 53.2 Å². The zero-order valence-electron chi connectivity index (χ0n) is 15.2. The van der Waals surface area contributed by atoms with Crippen LogP contribution in [0.3, 0.4) is 0 Å². The second kappa shape index (κ2) is 8.75. The van der Waals surface area contributed by atoms with Crippen LogP contribution in [-0.2, 0) is 11.4 Å². The molecule has 0 atom stereocenters. The van der Waals surface area contributed by atoms with Gasteiger partial charge in [0.2, 0.25) is 0 Å². The fraction of sp³-hybridized carbons (Fsp3) is 0.143. The normalized spacial score (nSPS) is 15.2. The van der Waals surface area contributed by atoms with Crippen LogP contribution in [0, 0.1) is 5.82 Å². The van der Waals surface area contributed by atoms with E-state index >= 15 is 0 Å². The number of halogens is 1. The molecule has 1 fully saturated rings. The van der Waals surface area contributed by atoms with Crippen LogP contribution in [0.4, 0.5) is 9.18 Å². The predicted molar refractivity (Wildman–Crippen MR) is 107 cm³/mol. The minimum atomic E-state index is -0.347. The van der Waals surface area contributed by atoms with Crippen molar-refractivity contribution in [3.8, 4) is 11.5 Å². The molecule has 1 aliphatic heterocycles. The highest BCUT2D eigenvalue weighted by molar-refractivity contribution is 8.18. The first kappa shape index (κ1) is 19.7. The molecule has 0 N–H and O–H groups in total. The Labute approximate surface area is 166 Å². The first-order valence-corrected chi connectivity index (χ1v) is 9.25. The van der Waals surface area contributed by atoms with Crippen molar-refractivity contribution in [2.24, 2.45) is 0 Å². The largest absolute Gasteiger partial charge is 0.493 e. The number of carbonyl (C=O) groups excluding carboxylic acids is 2. The molecule has 1 heterocycles. The lowest BCUT2D eigenvalue weighted by atomic mass is 10.1. The van der Waals surface area contributed by atoms with Crippen molar-refractivity contribution in [1.82, 2.24) is 4.90 Å². The highest BCUT2D eigenvalue weighted by Crippen LogP contribution is 2.34. The van der Waals surface area contributed by atoms with E-state index in [0.29, 0.717) is 27.5 Å². The highest BCUT2D eigenvalue weighted by Gasteiger charge is 2.34. The van der Waals surface area contributed by atoms with Gasteiger partial charge in [0.1, 0.15) is 12.4 Å². The molecule has 144 valence electrons. The molecule has 28 heavy (non-hydrogen) atoms. The van der Waals surface area contributed by atoms with E-state index in [1.54, 1.807) is 36.4 Å². The molecule has 0 bridgehead atoms. The first-order chi connectivity index (χ1) is 13.5. The molecule has 0 saturated carbocycles. The first-order valence-electron chi connectivity index (χ1n) is 8.43. The molecule has 1 saturated heterocycles. The number of methoxy groups -OCH3 is 1. The molecule has 2 aromatic rings. The third-order valence-electron chi connectivity index (χ3n) is 3.95. The van der Waals surface area contributed by atoms with Crippen molar-refractivity contribution < 1.29 is 23.5 Å². The molecule has 0 spiro atoms. The summed E-state index contributed by atoms with van der Waals surface area (Å²) in [5, 5.41) is -0.321.